The zero-order valence-electron chi connectivity index (χ0n) is 24.9. The van der Waals surface area contributed by atoms with E-state index in [0.29, 0.717) is 33.0 Å². The monoisotopic (exact) mass is 637 g/mol. The lowest BCUT2D eigenvalue weighted by Gasteiger charge is -2.11. The summed E-state index contributed by atoms with van der Waals surface area (Å²) in [5.74, 6) is -1.32. The molecule has 0 saturated carbocycles. The van der Waals surface area contributed by atoms with E-state index < -0.39 is 39.0 Å². The van der Waals surface area contributed by atoms with Crippen LogP contribution in [-0.2, 0) is 25.2 Å². The quantitative estimate of drug-likeness (QED) is 0.209. The number of benzene rings is 2. The Hall–Kier alpha value is -3.81. The zero-order valence-corrected chi connectivity index (χ0v) is 25.8. The van der Waals surface area contributed by atoms with Crippen LogP contribution in [0.5, 0.6) is 0 Å². The summed E-state index contributed by atoms with van der Waals surface area (Å²) in [6, 6.07) is 6.14. The molecule has 1 saturated heterocycles. The third kappa shape index (κ3) is 10.7. The second-order valence-electron chi connectivity index (χ2n) is 10.3. The minimum Gasteiger partial charge on any atom is -0.465 e. The SMILES string of the molecule is C.C.CC1CCCO1.COC(=O)c1cc(C(C)=O)c(C)cc1N.Cc1cc2[nH]c(=O)n(CS(C)(=O)=O)c(=O)c2cc1C(C)O. The molecule has 2 atom stereocenters. The van der Waals surface area contributed by atoms with Gasteiger partial charge in [0.05, 0.1) is 35.8 Å². The van der Waals surface area contributed by atoms with Gasteiger partial charge in [0.15, 0.2) is 15.6 Å². The number of methoxy groups -OCH3 is 1. The maximum Gasteiger partial charge on any atom is 0.339 e. The van der Waals surface area contributed by atoms with Gasteiger partial charge in [-0.3, -0.25) is 9.59 Å². The number of nitrogens with one attached hydrogen (secondary N) is 1. The van der Waals surface area contributed by atoms with Crippen LogP contribution in [0.15, 0.2) is 33.9 Å². The van der Waals surface area contributed by atoms with Crippen LogP contribution in [-0.4, -0.2) is 60.9 Å². The Labute approximate surface area is 259 Å². The molecular weight excluding hydrogens is 590 g/mol. The Morgan fingerprint density at radius 1 is 1.14 bits per heavy atom. The fourth-order valence-electron chi connectivity index (χ4n) is 4.36. The van der Waals surface area contributed by atoms with Crippen LogP contribution in [0.1, 0.15) is 92.0 Å². The van der Waals surface area contributed by atoms with Crippen molar-refractivity contribution in [1.82, 2.24) is 9.55 Å². The molecule has 0 amide bonds. The van der Waals surface area contributed by atoms with Crippen molar-refractivity contribution in [2.45, 2.75) is 80.4 Å². The van der Waals surface area contributed by atoms with Crippen molar-refractivity contribution >= 4 is 38.2 Å². The van der Waals surface area contributed by atoms with Gasteiger partial charge in [0.25, 0.3) is 5.56 Å². The highest BCUT2D eigenvalue weighted by Gasteiger charge is 2.16. The number of esters is 1. The summed E-state index contributed by atoms with van der Waals surface area (Å²) >= 11 is 0. The summed E-state index contributed by atoms with van der Waals surface area (Å²) in [4.78, 5) is 49.2. The smallest absolute Gasteiger partial charge is 0.339 e. The number of ether oxygens (including phenoxy) is 2. The van der Waals surface area contributed by atoms with Crippen LogP contribution in [0.3, 0.4) is 0 Å². The van der Waals surface area contributed by atoms with E-state index in [4.69, 9.17) is 10.5 Å². The van der Waals surface area contributed by atoms with Gasteiger partial charge in [-0.25, -0.2) is 22.6 Å². The minimum absolute atomic E-state index is 0. The summed E-state index contributed by atoms with van der Waals surface area (Å²) in [5.41, 5.74) is 7.59. The number of aliphatic hydroxyl groups is 1. The van der Waals surface area contributed by atoms with Gasteiger partial charge >= 0.3 is 11.7 Å². The fourth-order valence-corrected chi connectivity index (χ4v) is 5.07. The number of nitrogen functional groups attached to an aromatic ring is 1. The van der Waals surface area contributed by atoms with Gasteiger partial charge in [-0.15, -0.1) is 0 Å². The predicted octanol–water partition coefficient (Wildman–Crippen LogP) is 4.08. The molecule has 1 fully saturated rings. The topological polar surface area (TPSA) is 188 Å². The summed E-state index contributed by atoms with van der Waals surface area (Å²) in [6.07, 6.45) is 3.25. The highest BCUT2D eigenvalue weighted by atomic mass is 32.2. The van der Waals surface area contributed by atoms with Crippen molar-refractivity contribution in [3.8, 4) is 0 Å². The van der Waals surface area contributed by atoms with Crippen molar-refractivity contribution < 1.29 is 32.6 Å². The molecule has 1 aromatic heterocycles. The van der Waals surface area contributed by atoms with Crippen LogP contribution in [0, 0.1) is 13.8 Å². The first-order chi connectivity index (χ1) is 19.5. The predicted molar refractivity (Wildman–Crippen MR) is 174 cm³/mol. The van der Waals surface area contributed by atoms with Gasteiger partial charge in [-0.05, 0) is 88.4 Å². The Morgan fingerprint density at radius 2 is 1.75 bits per heavy atom. The lowest BCUT2D eigenvalue weighted by Crippen LogP contribution is -2.37. The molecule has 2 unspecified atom stereocenters. The highest BCUT2D eigenvalue weighted by molar-refractivity contribution is 7.89. The average molecular weight is 638 g/mol. The summed E-state index contributed by atoms with van der Waals surface area (Å²) in [7, 11) is -2.26. The molecule has 246 valence electrons. The third-order valence-corrected chi connectivity index (χ3v) is 7.25. The van der Waals surface area contributed by atoms with E-state index in [-0.39, 0.29) is 31.6 Å². The number of rotatable bonds is 5. The number of ketones is 1. The van der Waals surface area contributed by atoms with Crippen molar-refractivity contribution in [1.29, 1.82) is 0 Å². The Morgan fingerprint density at radius 3 is 2.18 bits per heavy atom. The number of aromatic nitrogens is 2. The number of fused-ring (bicyclic) bond motifs is 1. The number of nitrogens with two attached hydrogens (primary N) is 1. The lowest BCUT2D eigenvalue weighted by molar-refractivity contribution is 0.0602. The van der Waals surface area contributed by atoms with E-state index in [0.717, 1.165) is 24.0 Å². The first kappa shape index (κ1) is 40.2. The van der Waals surface area contributed by atoms with Crippen LogP contribution >= 0.6 is 0 Å². The number of carbonyl (C=O) groups excluding carboxylic acids is 2. The highest BCUT2D eigenvalue weighted by Crippen LogP contribution is 2.21. The van der Waals surface area contributed by atoms with Crippen molar-refractivity contribution in [2.24, 2.45) is 0 Å². The third-order valence-electron chi connectivity index (χ3n) is 6.52. The Kier molecular flexibility index (Phi) is 15.4. The first-order valence-electron chi connectivity index (χ1n) is 13.2. The number of anilines is 1. The molecule has 0 radical (unpaired) electrons. The van der Waals surface area contributed by atoms with E-state index >= 15 is 0 Å². The zero-order chi connectivity index (χ0) is 31.9. The summed E-state index contributed by atoms with van der Waals surface area (Å²) < 4.78 is 33.0. The molecule has 4 N–H and O–H groups in total. The van der Waals surface area contributed by atoms with E-state index in [9.17, 15) is 32.7 Å². The molecule has 2 heterocycles. The molecule has 12 nitrogen and oxygen atoms in total. The molecule has 1 aliphatic heterocycles. The number of hydrogen-bond acceptors (Lipinski definition) is 10. The second-order valence-corrected chi connectivity index (χ2v) is 12.4. The number of aromatic amines is 1. The fraction of sp³-hybridized carbons (Fsp3) is 0.484. The van der Waals surface area contributed by atoms with Gasteiger partial charge < -0.3 is 25.3 Å². The number of Topliss-reactive ketones (excluding diaryl/α,β-unsaturated/α-hetero) is 1. The Balaban J connectivity index is 0.000000702. The van der Waals surface area contributed by atoms with Crippen LogP contribution in [0.4, 0.5) is 5.69 Å². The lowest BCUT2D eigenvalue weighted by atomic mass is 10.0. The van der Waals surface area contributed by atoms with Crippen LogP contribution < -0.4 is 17.0 Å². The molecular formula is C31H47N3O9S. The van der Waals surface area contributed by atoms with Crippen LogP contribution in [0.2, 0.25) is 0 Å². The average Bonchev–Trinajstić information content (AvgIpc) is 3.36. The van der Waals surface area contributed by atoms with E-state index in [1.54, 1.807) is 32.9 Å². The normalized spacial score (nSPS) is 14.5. The van der Waals surface area contributed by atoms with Crippen molar-refractivity contribution in [3.05, 3.63) is 72.9 Å². The molecule has 3 aromatic rings. The van der Waals surface area contributed by atoms with Crippen molar-refractivity contribution in [2.75, 3.05) is 25.7 Å². The van der Waals surface area contributed by atoms with Gasteiger partial charge in [-0.2, -0.15) is 0 Å². The molecule has 2 aromatic carbocycles. The summed E-state index contributed by atoms with van der Waals surface area (Å²) in [6.45, 7) is 9.64. The number of H-pyrrole nitrogens is 1. The van der Waals surface area contributed by atoms with E-state index in [2.05, 4.69) is 16.6 Å². The largest absolute Gasteiger partial charge is 0.465 e. The first-order valence-corrected chi connectivity index (χ1v) is 15.3. The van der Waals surface area contributed by atoms with Gasteiger partial charge in [0.2, 0.25) is 0 Å². The van der Waals surface area contributed by atoms with Gasteiger partial charge in [0, 0.05) is 24.1 Å². The molecule has 1 aliphatic rings. The maximum atomic E-state index is 12.3. The molecule has 44 heavy (non-hydrogen) atoms. The minimum atomic E-state index is -3.53. The van der Waals surface area contributed by atoms with Crippen LogP contribution in [0.25, 0.3) is 10.9 Å². The van der Waals surface area contributed by atoms with E-state index in [1.165, 1.54) is 39.0 Å². The molecule has 0 aliphatic carbocycles. The number of hydrogen-bond donors (Lipinski definition) is 3. The second kappa shape index (κ2) is 16.9. The number of carbonyl (C=O) groups is 2. The molecule has 0 spiro atoms. The van der Waals surface area contributed by atoms with Gasteiger partial charge in [-0.1, -0.05) is 14.9 Å². The Bertz CT molecular complexity index is 1680. The number of sulfone groups is 1. The molecule has 0 bridgehead atoms. The standard InChI is InChI=1S/C13H16N2O5S.C11H13NO3.C5H10O.2CH4/c1-7-4-11-10(5-9(7)8(2)16)12(17)15(13(18)14-11)6-21(3,19)20;1-6-4-10(12)9(11(14)15-3)5-8(6)7(2)13;1-5-3-2-4-6-5;;/h4-5,8,16H,6H2,1-3H3,(H,14,18);4-5H,12H2,1-3H3;5H,2-4H2,1H3;2*1H4. The maximum absolute atomic E-state index is 12.3. The number of nitrogens with zero attached hydrogens (tertiary/aromatic N) is 1. The molecule has 13 heteroatoms. The summed E-state index contributed by atoms with van der Waals surface area (Å²) in [5, 5.41) is 9.86. The van der Waals surface area contributed by atoms with Crippen molar-refractivity contribution in [3.63, 3.8) is 0 Å². The number of aryl methyl sites for hydroxylation is 2. The molecule has 4 rings (SSSR count). The van der Waals surface area contributed by atoms with E-state index in [1.807, 2.05) is 0 Å². The number of aliphatic hydroxyl groups excluding tert-OH is 1. The van der Waals surface area contributed by atoms with Gasteiger partial charge in [0.1, 0.15) is 5.88 Å².